The molecule has 0 aliphatic carbocycles. The van der Waals surface area contributed by atoms with E-state index in [0.29, 0.717) is 6.04 Å². The largest absolute Gasteiger partial charge is 0.376 e. The van der Waals surface area contributed by atoms with Gasteiger partial charge >= 0.3 is 0 Å². The van der Waals surface area contributed by atoms with Crippen LogP contribution in [-0.4, -0.2) is 13.2 Å². The van der Waals surface area contributed by atoms with E-state index in [4.69, 9.17) is 4.74 Å². The van der Waals surface area contributed by atoms with Crippen LogP contribution in [0.25, 0.3) is 0 Å². The summed E-state index contributed by atoms with van der Waals surface area (Å²) in [6.45, 7) is 9.72. The Morgan fingerprint density at radius 2 is 2.11 bits per heavy atom. The molecule has 3 rings (SSSR count). The van der Waals surface area contributed by atoms with Gasteiger partial charge in [-0.05, 0) is 53.5 Å². The van der Waals surface area contributed by atoms with Crippen molar-refractivity contribution in [1.82, 2.24) is 5.32 Å². The first kappa shape index (κ1) is 13.1. The van der Waals surface area contributed by atoms with E-state index in [1.165, 1.54) is 24.0 Å². The summed E-state index contributed by atoms with van der Waals surface area (Å²) in [5, 5.41) is 3.66. The Hall–Kier alpha value is -0.860. The lowest BCUT2D eigenvalue weighted by atomic mass is 9.81. The van der Waals surface area contributed by atoms with Gasteiger partial charge in [0.25, 0.3) is 0 Å². The van der Waals surface area contributed by atoms with Gasteiger partial charge in [0.2, 0.25) is 0 Å². The average Bonchev–Trinajstić information content (AvgIpc) is 2.90. The van der Waals surface area contributed by atoms with Crippen molar-refractivity contribution in [2.75, 3.05) is 13.2 Å². The number of fused-ring (bicyclic) bond motifs is 1. The number of ether oxygens (including phenoxy) is 1. The molecule has 1 atom stereocenters. The van der Waals surface area contributed by atoms with Gasteiger partial charge < -0.3 is 10.1 Å². The molecule has 2 heterocycles. The summed E-state index contributed by atoms with van der Waals surface area (Å²) in [5.74, 6) is 0. The minimum Gasteiger partial charge on any atom is -0.376 e. The number of nitrogens with one attached hydrogen (secondary N) is 1. The highest BCUT2D eigenvalue weighted by atomic mass is 16.5. The van der Waals surface area contributed by atoms with Gasteiger partial charge in [0.1, 0.15) is 0 Å². The molecule has 2 nitrogen and oxygen atoms in total. The Bertz CT molecular complexity index is 467. The number of hydrogen-bond acceptors (Lipinski definition) is 2. The molecule has 1 aromatic rings. The first-order valence-electron chi connectivity index (χ1n) is 7.53. The fraction of sp³-hybridized carbons (Fsp3) is 0.647. The van der Waals surface area contributed by atoms with Gasteiger partial charge in [0.05, 0.1) is 13.2 Å². The lowest BCUT2D eigenvalue weighted by Gasteiger charge is -2.28. The van der Waals surface area contributed by atoms with Gasteiger partial charge in [0.15, 0.2) is 0 Å². The summed E-state index contributed by atoms with van der Waals surface area (Å²) in [6.07, 6.45) is 3.66. The molecule has 0 saturated carbocycles. The van der Waals surface area contributed by atoms with Crippen LogP contribution in [0.2, 0.25) is 0 Å². The van der Waals surface area contributed by atoms with Crippen LogP contribution >= 0.6 is 0 Å². The second kappa shape index (κ2) is 4.92. The zero-order valence-corrected chi connectivity index (χ0v) is 12.4. The second-order valence-electron chi connectivity index (χ2n) is 6.90. The van der Waals surface area contributed by atoms with Crippen molar-refractivity contribution >= 4 is 0 Å². The van der Waals surface area contributed by atoms with Crippen LogP contribution in [0.4, 0.5) is 0 Å². The van der Waals surface area contributed by atoms with Crippen molar-refractivity contribution in [3.8, 4) is 0 Å². The maximum absolute atomic E-state index is 5.66. The normalized spacial score (nSPS) is 23.4. The Morgan fingerprint density at radius 3 is 2.79 bits per heavy atom. The van der Waals surface area contributed by atoms with Crippen LogP contribution in [0.3, 0.4) is 0 Å². The highest BCUT2D eigenvalue weighted by molar-refractivity contribution is 5.44. The third-order valence-electron chi connectivity index (χ3n) is 4.43. The molecule has 0 radical (unpaired) electrons. The quantitative estimate of drug-likeness (QED) is 0.833. The van der Waals surface area contributed by atoms with Gasteiger partial charge in [-0.2, -0.15) is 0 Å². The zero-order valence-electron chi connectivity index (χ0n) is 12.4. The first-order chi connectivity index (χ1) is 9.05. The fourth-order valence-electron chi connectivity index (χ4n) is 3.24. The third-order valence-corrected chi connectivity index (χ3v) is 4.43. The molecule has 2 aliphatic heterocycles. The third kappa shape index (κ3) is 2.56. The van der Waals surface area contributed by atoms with Gasteiger partial charge in [-0.1, -0.05) is 32.9 Å². The lowest BCUT2D eigenvalue weighted by molar-refractivity contribution is 0.110. The van der Waals surface area contributed by atoms with E-state index in [0.717, 1.165) is 26.2 Å². The predicted molar refractivity (Wildman–Crippen MR) is 78.5 cm³/mol. The van der Waals surface area contributed by atoms with Crippen LogP contribution in [0, 0.1) is 0 Å². The van der Waals surface area contributed by atoms with Crippen LogP contribution < -0.4 is 5.32 Å². The molecule has 1 N–H and O–H groups in total. The van der Waals surface area contributed by atoms with Crippen molar-refractivity contribution in [2.24, 2.45) is 0 Å². The highest BCUT2D eigenvalue weighted by Gasteiger charge is 2.25. The van der Waals surface area contributed by atoms with E-state index in [1.807, 2.05) is 0 Å². The fourth-order valence-corrected chi connectivity index (χ4v) is 3.24. The Morgan fingerprint density at radius 1 is 1.26 bits per heavy atom. The van der Waals surface area contributed by atoms with Crippen LogP contribution in [0.15, 0.2) is 12.1 Å². The van der Waals surface area contributed by atoms with Gasteiger partial charge in [-0.25, -0.2) is 0 Å². The monoisotopic (exact) mass is 259 g/mol. The summed E-state index contributed by atoms with van der Waals surface area (Å²) in [4.78, 5) is 0. The molecular formula is C17H25NO. The van der Waals surface area contributed by atoms with Crippen molar-refractivity contribution in [3.05, 3.63) is 34.4 Å². The molecule has 0 amide bonds. The Kier molecular flexibility index (Phi) is 3.40. The van der Waals surface area contributed by atoms with Crippen LogP contribution in [-0.2, 0) is 23.2 Å². The van der Waals surface area contributed by atoms with E-state index < -0.39 is 0 Å². The molecule has 1 saturated heterocycles. The first-order valence-corrected chi connectivity index (χ1v) is 7.53. The maximum atomic E-state index is 5.66. The summed E-state index contributed by atoms with van der Waals surface area (Å²) in [7, 11) is 0. The highest BCUT2D eigenvalue weighted by Crippen LogP contribution is 2.35. The van der Waals surface area contributed by atoms with Crippen molar-refractivity contribution in [2.45, 2.75) is 58.1 Å². The maximum Gasteiger partial charge on any atom is 0.0719 e. The Balaban J connectivity index is 2.08. The molecule has 0 aromatic heterocycles. The molecule has 1 fully saturated rings. The van der Waals surface area contributed by atoms with E-state index in [2.05, 4.69) is 38.2 Å². The number of hydrogen-bond donors (Lipinski definition) is 1. The van der Waals surface area contributed by atoms with Crippen molar-refractivity contribution < 1.29 is 4.74 Å². The van der Waals surface area contributed by atoms with Gasteiger partial charge in [-0.15, -0.1) is 0 Å². The molecule has 19 heavy (non-hydrogen) atoms. The topological polar surface area (TPSA) is 21.3 Å². The van der Waals surface area contributed by atoms with Gasteiger partial charge in [0, 0.05) is 6.04 Å². The molecule has 1 aromatic carbocycles. The van der Waals surface area contributed by atoms with E-state index in [1.54, 1.807) is 11.1 Å². The summed E-state index contributed by atoms with van der Waals surface area (Å²) in [5.41, 5.74) is 6.17. The standard InChI is InChI=1S/C17H25NO/c1-17(2,3)13-9-12-11-19-8-6-14(12)15(10-13)16-5-4-7-18-16/h9-10,16,18H,4-8,11H2,1-3H3/t16-/m0/s1. The lowest BCUT2D eigenvalue weighted by Crippen LogP contribution is -2.22. The van der Waals surface area contributed by atoms with E-state index in [9.17, 15) is 0 Å². The minimum absolute atomic E-state index is 0.208. The summed E-state index contributed by atoms with van der Waals surface area (Å²) < 4.78 is 5.66. The van der Waals surface area contributed by atoms with E-state index >= 15 is 0 Å². The van der Waals surface area contributed by atoms with E-state index in [-0.39, 0.29) is 5.41 Å². The molecule has 104 valence electrons. The molecule has 2 aliphatic rings. The second-order valence-corrected chi connectivity index (χ2v) is 6.90. The molecule has 0 unspecified atom stereocenters. The smallest absolute Gasteiger partial charge is 0.0719 e. The summed E-state index contributed by atoms with van der Waals surface area (Å²) in [6, 6.07) is 5.38. The predicted octanol–water partition coefficient (Wildman–Crippen LogP) is 3.48. The van der Waals surface area contributed by atoms with Crippen molar-refractivity contribution in [1.29, 1.82) is 0 Å². The van der Waals surface area contributed by atoms with Crippen LogP contribution in [0.1, 0.15) is 61.9 Å². The van der Waals surface area contributed by atoms with Crippen molar-refractivity contribution in [3.63, 3.8) is 0 Å². The molecular weight excluding hydrogens is 234 g/mol. The SMILES string of the molecule is CC(C)(C)c1cc2c(c([C@@H]3CCCN3)c1)CCOC2. The zero-order chi connectivity index (χ0) is 13.5. The minimum atomic E-state index is 0.208. The Labute approximate surface area is 116 Å². The van der Waals surface area contributed by atoms with Crippen LogP contribution in [0.5, 0.6) is 0 Å². The number of benzene rings is 1. The molecule has 0 spiro atoms. The summed E-state index contributed by atoms with van der Waals surface area (Å²) >= 11 is 0. The number of rotatable bonds is 1. The van der Waals surface area contributed by atoms with Gasteiger partial charge in [-0.3, -0.25) is 0 Å². The average molecular weight is 259 g/mol. The molecule has 0 bridgehead atoms. The molecule has 2 heteroatoms.